The molecule has 0 aliphatic rings. The maximum Gasteiger partial charge on any atom is 0.340 e. The maximum absolute atomic E-state index is 12.5. The highest BCUT2D eigenvalue weighted by Gasteiger charge is 2.15. The molecule has 0 radical (unpaired) electrons. The van der Waals surface area contributed by atoms with Crippen LogP contribution in [0.15, 0.2) is 66.9 Å². The number of nitrogens with zero attached hydrogens (tertiary/aromatic N) is 1. The number of hydrogen-bond donors (Lipinski definition) is 2. The highest BCUT2D eigenvalue weighted by Crippen LogP contribution is 2.18. The van der Waals surface area contributed by atoms with E-state index in [9.17, 15) is 9.59 Å². The van der Waals surface area contributed by atoms with Crippen molar-refractivity contribution in [1.29, 1.82) is 0 Å². The first-order valence-corrected chi connectivity index (χ1v) is 9.40. The molecule has 1 amide bonds. The van der Waals surface area contributed by atoms with Crippen LogP contribution < -0.4 is 10.6 Å². The molecule has 0 spiro atoms. The molecule has 29 heavy (non-hydrogen) atoms. The topological polar surface area (TPSA) is 80.3 Å². The van der Waals surface area contributed by atoms with Crippen LogP contribution in [0.2, 0.25) is 0 Å². The highest BCUT2D eigenvalue weighted by molar-refractivity contribution is 6.07. The molecule has 2 aromatic carbocycles. The number of amides is 1. The Kier molecular flexibility index (Phi) is 6.58. The minimum absolute atomic E-state index is 0.255. The van der Waals surface area contributed by atoms with Gasteiger partial charge in [0.25, 0.3) is 5.91 Å². The molecule has 1 heterocycles. The Morgan fingerprint density at radius 1 is 1.00 bits per heavy atom. The van der Waals surface area contributed by atoms with Crippen molar-refractivity contribution in [1.82, 2.24) is 4.98 Å². The first-order valence-electron chi connectivity index (χ1n) is 9.40. The van der Waals surface area contributed by atoms with Crippen LogP contribution in [0, 0.1) is 6.92 Å². The Balaban J connectivity index is 1.65. The van der Waals surface area contributed by atoms with Gasteiger partial charge in [0.2, 0.25) is 0 Å². The number of nitrogens with one attached hydrogen (secondary N) is 2. The molecule has 0 saturated carbocycles. The monoisotopic (exact) mass is 389 g/mol. The lowest BCUT2D eigenvalue weighted by Gasteiger charge is -2.11. The number of carbonyl (C=O) groups is 2. The molecule has 0 unspecified atom stereocenters. The molecule has 0 aliphatic carbocycles. The number of para-hydroxylation sites is 1. The number of rotatable bonds is 7. The molecule has 1 aromatic heterocycles. The SMILES string of the molecule is CCOC(=O)c1ccccc1NC(=O)c1ccc(NCc2ccccc2C)cn1. The summed E-state index contributed by atoms with van der Waals surface area (Å²) in [6, 6.07) is 18.3. The number of esters is 1. The van der Waals surface area contributed by atoms with Crippen LogP contribution in [0.4, 0.5) is 11.4 Å². The summed E-state index contributed by atoms with van der Waals surface area (Å²) in [7, 11) is 0. The van der Waals surface area contributed by atoms with Gasteiger partial charge in [0, 0.05) is 6.54 Å². The molecule has 2 N–H and O–H groups in total. The summed E-state index contributed by atoms with van der Waals surface area (Å²) < 4.78 is 5.03. The minimum Gasteiger partial charge on any atom is -0.462 e. The van der Waals surface area contributed by atoms with E-state index in [1.807, 2.05) is 12.1 Å². The zero-order valence-corrected chi connectivity index (χ0v) is 16.4. The van der Waals surface area contributed by atoms with Gasteiger partial charge in [-0.2, -0.15) is 0 Å². The van der Waals surface area contributed by atoms with Crippen LogP contribution in [-0.2, 0) is 11.3 Å². The number of aryl methyl sites for hydroxylation is 1. The van der Waals surface area contributed by atoms with E-state index >= 15 is 0 Å². The van der Waals surface area contributed by atoms with Gasteiger partial charge in [-0.1, -0.05) is 36.4 Å². The summed E-state index contributed by atoms with van der Waals surface area (Å²) in [5.74, 6) is -0.876. The highest BCUT2D eigenvalue weighted by atomic mass is 16.5. The number of anilines is 2. The van der Waals surface area contributed by atoms with E-state index < -0.39 is 11.9 Å². The Morgan fingerprint density at radius 2 is 1.76 bits per heavy atom. The summed E-state index contributed by atoms with van der Waals surface area (Å²) >= 11 is 0. The van der Waals surface area contributed by atoms with Crippen LogP contribution >= 0.6 is 0 Å². The standard InChI is InChI=1S/C23H23N3O3/c1-3-29-23(28)19-10-6-7-11-20(19)26-22(27)21-13-12-18(15-25-21)24-14-17-9-5-4-8-16(17)2/h4-13,15,24H,3,14H2,1-2H3,(H,26,27). The van der Waals surface area contributed by atoms with Gasteiger partial charge in [0.15, 0.2) is 0 Å². The average molecular weight is 389 g/mol. The van der Waals surface area contributed by atoms with Gasteiger partial charge in [-0.25, -0.2) is 9.78 Å². The quantitative estimate of drug-likeness (QED) is 0.584. The molecule has 0 atom stereocenters. The third-order valence-corrected chi connectivity index (χ3v) is 4.41. The van der Waals surface area contributed by atoms with Crippen LogP contribution in [0.25, 0.3) is 0 Å². The fourth-order valence-corrected chi connectivity index (χ4v) is 2.80. The lowest BCUT2D eigenvalue weighted by atomic mass is 10.1. The zero-order valence-electron chi connectivity index (χ0n) is 16.4. The van der Waals surface area contributed by atoms with Gasteiger partial charge in [0.1, 0.15) is 5.69 Å². The van der Waals surface area contributed by atoms with Gasteiger partial charge in [-0.05, 0) is 49.2 Å². The van der Waals surface area contributed by atoms with Gasteiger partial charge in [-0.15, -0.1) is 0 Å². The third kappa shape index (κ3) is 5.19. The molecule has 3 aromatic rings. The van der Waals surface area contributed by atoms with E-state index in [-0.39, 0.29) is 12.3 Å². The van der Waals surface area contributed by atoms with Crippen LogP contribution in [-0.4, -0.2) is 23.5 Å². The molecule has 6 nitrogen and oxygen atoms in total. The van der Waals surface area contributed by atoms with E-state index in [0.717, 1.165) is 5.69 Å². The van der Waals surface area contributed by atoms with E-state index in [0.29, 0.717) is 17.8 Å². The fraction of sp³-hybridized carbons (Fsp3) is 0.174. The van der Waals surface area contributed by atoms with Gasteiger partial charge in [-0.3, -0.25) is 4.79 Å². The second-order valence-electron chi connectivity index (χ2n) is 6.43. The first-order chi connectivity index (χ1) is 14.1. The summed E-state index contributed by atoms with van der Waals surface area (Å²) in [5.41, 5.74) is 4.18. The number of pyridine rings is 1. The van der Waals surface area contributed by atoms with Crippen molar-refractivity contribution in [2.24, 2.45) is 0 Å². The Hall–Kier alpha value is -3.67. The van der Waals surface area contributed by atoms with Crippen LogP contribution in [0.3, 0.4) is 0 Å². The summed E-state index contributed by atoms with van der Waals surface area (Å²) in [6.45, 7) is 4.74. The Morgan fingerprint density at radius 3 is 2.48 bits per heavy atom. The van der Waals surface area contributed by atoms with Crippen molar-refractivity contribution in [3.63, 3.8) is 0 Å². The summed E-state index contributed by atoms with van der Waals surface area (Å²) in [5, 5.41) is 6.03. The smallest absolute Gasteiger partial charge is 0.340 e. The van der Waals surface area contributed by atoms with Crippen molar-refractivity contribution in [2.45, 2.75) is 20.4 Å². The Labute approximate surface area is 169 Å². The average Bonchev–Trinajstić information content (AvgIpc) is 2.74. The molecular weight excluding hydrogens is 366 g/mol. The van der Waals surface area contributed by atoms with Crippen molar-refractivity contribution in [3.05, 3.63) is 89.2 Å². The number of ether oxygens (including phenoxy) is 1. The first kappa shape index (κ1) is 20.1. The predicted octanol–water partition coefficient (Wildman–Crippen LogP) is 4.43. The Bertz CT molecular complexity index is 1000. The van der Waals surface area contributed by atoms with Gasteiger partial charge < -0.3 is 15.4 Å². The zero-order chi connectivity index (χ0) is 20.6. The fourth-order valence-electron chi connectivity index (χ4n) is 2.80. The lowest BCUT2D eigenvalue weighted by molar-refractivity contribution is 0.0527. The van der Waals surface area contributed by atoms with E-state index in [4.69, 9.17) is 4.74 Å². The summed E-state index contributed by atoms with van der Waals surface area (Å²) in [4.78, 5) is 28.8. The van der Waals surface area contributed by atoms with Crippen molar-refractivity contribution >= 4 is 23.3 Å². The predicted molar refractivity (Wildman–Crippen MR) is 113 cm³/mol. The molecular formula is C23H23N3O3. The second-order valence-corrected chi connectivity index (χ2v) is 6.43. The van der Waals surface area contributed by atoms with E-state index in [2.05, 4.69) is 34.7 Å². The lowest BCUT2D eigenvalue weighted by Crippen LogP contribution is -2.17. The molecule has 0 saturated heterocycles. The largest absolute Gasteiger partial charge is 0.462 e. The minimum atomic E-state index is -0.480. The van der Waals surface area contributed by atoms with Gasteiger partial charge >= 0.3 is 5.97 Å². The third-order valence-electron chi connectivity index (χ3n) is 4.41. The summed E-state index contributed by atoms with van der Waals surface area (Å²) in [6.07, 6.45) is 1.62. The van der Waals surface area contributed by atoms with Crippen LogP contribution in [0.1, 0.15) is 38.9 Å². The number of benzene rings is 2. The van der Waals surface area contributed by atoms with Gasteiger partial charge in [0.05, 0.1) is 29.7 Å². The van der Waals surface area contributed by atoms with Crippen molar-refractivity contribution < 1.29 is 14.3 Å². The molecule has 0 bridgehead atoms. The number of carbonyl (C=O) groups excluding carboxylic acids is 2. The van der Waals surface area contributed by atoms with Crippen molar-refractivity contribution in [3.8, 4) is 0 Å². The molecule has 0 aliphatic heterocycles. The van der Waals surface area contributed by atoms with E-state index in [1.165, 1.54) is 11.1 Å². The maximum atomic E-state index is 12.5. The second kappa shape index (κ2) is 9.50. The molecule has 148 valence electrons. The van der Waals surface area contributed by atoms with Crippen LogP contribution in [0.5, 0.6) is 0 Å². The van der Waals surface area contributed by atoms with Crippen molar-refractivity contribution in [2.75, 3.05) is 17.2 Å². The molecule has 3 rings (SSSR count). The molecule has 0 fully saturated rings. The number of aromatic nitrogens is 1. The molecule has 6 heteroatoms. The normalized spacial score (nSPS) is 10.3. The van der Waals surface area contributed by atoms with E-state index in [1.54, 1.807) is 49.5 Å². The number of hydrogen-bond acceptors (Lipinski definition) is 5.